The van der Waals surface area contributed by atoms with Crippen molar-refractivity contribution in [2.24, 2.45) is 0 Å². The van der Waals surface area contributed by atoms with Crippen LogP contribution in [-0.4, -0.2) is 30.6 Å². The van der Waals surface area contributed by atoms with E-state index in [4.69, 9.17) is 9.47 Å². The molecule has 12 heavy (non-hydrogen) atoms. The summed E-state index contributed by atoms with van der Waals surface area (Å²) in [5.41, 5.74) is 0. The van der Waals surface area contributed by atoms with E-state index < -0.39 is 18.5 Å². The van der Waals surface area contributed by atoms with Gasteiger partial charge in [-0.1, -0.05) is 0 Å². The summed E-state index contributed by atoms with van der Waals surface area (Å²) in [6.07, 6.45) is -0.565. The van der Waals surface area contributed by atoms with Crippen LogP contribution in [0.1, 0.15) is 20.3 Å². The highest BCUT2D eigenvalue weighted by Gasteiger charge is 2.32. The van der Waals surface area contributed by atoms with E-state index in [1.807, 2.05) is 0 Å². The molecule has 68 valence electrons. The van der Waals surface area contributed by atoms with Crippen LogP contribution < -0.4 is 0 Å². The summed E-state index contributed by atoms with van der Waals surface area (Å²) >= 11 is 0. The molecule has 0 N–H and O–H groups in total. The van der Waals surface area contributed by atoms with Gasteiger partial charge in [-0.15, -0.1) is 0 Å². The second kappa shape index (κ2) is 3.78. The van der Waals surface area contributed by atoms with Crippen molar-refractivity contribution in [2.75, 3.05) is 0 Å². The predicted molar refractivity (Wildman–Crippen MR) is 40.6 cm³/mol. The molecule has 1 aliphatic heterocycles. The summed E-state index contributed by atoms with van der Waals surface area (Å²) in [4.78, 5) is 21.3. The molecule has 1 rings (SSSR count). The molecule has 2 atom stereocenters. The van der Waals surface area contributed by atoms with E-state index in [-0.39, 0.29) is 12.2 Å². The van der Waals surface area contributed by atoms with Crippen molar-refractivity contribution in [3.8, 4) is 0 Å². The van der Waals surface area contributed by atoms with Gasteiger partial charge in [0.05, 0.1) is 6.42 Å². The van der Waals surface area contributed by atoms with E-state index in [0.717, 1.165) is 6.29 Å². The first-order valence-corrected chi connectivity index (χ1v) is 3.93. The van der Waals surface area contributed by atoms with Crippen molar-refractivity contribution in [1.82, 2.24) is 0 Å². The fourth-order valence-corrected chi connectivity index (χ4v) is 1.14. The van der Waals surface area contributed by atoms with Gasteiger partial charge in [-0.05, 0) is 13.8 Å². The van der Waals surface area contributed by atoms with Gasteiger partial charge in [0.15, 0.2) is 12.1 Å². The molecule has 1 saturated heterocycles. The first kappa shape index (κ1) is 9.35. The summed E-state index contributed by atoms with van der Waals surface area (Å²) < 4.78 is 10.2. The van der Waals surface area contributed by atoms with Gasteiger partial charge in [0, 0.05) is 0 Å². The zero-order valence-corrected chi connectivity index (χ0v) is 7.15. The molecule has 0 aromatic heterocycles. The number of carbonyl (C=O) groups excluding carboxylic acids is 2. The third-order valence-corrected chi connectivity index (χ3v) is 1.80. The van der Waals surface area contributed by atoms with Crippen LogP contribution in [0.15, 0.2) is 0 Å². The monoisotopic (exact) mass is 172 g/mol. The van der Waals surface area contributed by atoms with Crippen LogP contribution >= 0.6 is 0 Å². The van der Waals surface area contributed by atoms with Gasteiger partial charge < -0.3 is 14.3 Å². The number of ether oxygens (including phenoxy) is 2. The van der Waals surface area contributed by atoms with Gasteiger partial charge >= 0.3 is 0 Å². The van der Waals surface area contributed by atoms with Gasteiger partial charge in [-0.3, -0.25) is 4.79 Å². The Morgan fingerprint density at radius 3 is 2.25 bits per heavy atom. The minimum atomic E-state index is -0.551. The second-order valence-corrected chi connectivity index (χ2v) is 2.79. The maximum absolute atomic E-state index is 11.1. The Labute approximate surface area is 70.8 Å². The highest BCUT2D eigenvalue weighted by atomic mass is 16.7. The fourth-order valence-electron chi connectivity index (χ4n) is 1.14. The molecule has 0 radical (unpaired) electrons. The number of hydrogen-bond donors (Lipinski definition) is 0. The van der Waals surface area contributed by atoms with Crippen LogP contribution in [0, 0.1) is 0 Å². The standard InChI is InChI=1S/C8H12O4/c1-5-8(10)6(2)12-7(11-5)3-4-9/h4-7H,3H2,1-2H3. The lowest BCUT2D eigenvalue weighted by Crippen LogP contribution is -2.44. The summed E-state index contributed by atoms with van der Waals surface area (Å²) in [5.74, 6) is -0.0721. The lowest BCUT2D eigenvalue weighted by Gasteiger charge is -2.30. The summed E-state index contributed by atoms with van der Waals surface area (Å²) in [7, 11) is 0. The first-order chi connectivity index (χ1) is 5.65. The van der Waals surface area contributed by atoms with Crippen LogP contribution in [0.2, 0.25) is 0 Å². The van der Waals surface area contributed by atoms with E-state index in [9.17, 15) is 9.59 Å². The Balaban J connectivity index is 2.53. The minimum absolute atomic E-state index is 0.0721. The van der Waals surface area contributed by atoms with Crippen molar-refractivity contribution in [3.05, 3.63) is 0 Å². The average Bonchev–Trinajstić information content (AvgIpc) is 2.01. The number of aldehydes is 1. The summed E-state index contributed by atoms with van der Waals surface area (Å²) in [6.45, 7) is 3.33. The molecule has 0 saturated carbocycles. The second-order valence-electron chi connectivity index (χ2n) is 2.79. The van der Waals surface area contributed by atoms with Crippen molar-refractivity contribution in [1.29, 1.82) is 0 Å². The fraction of sp³-hybridized carbons (Fsp3) is 0.750. The van der Waals surface area contributed by atoms with Crippen LogP contribution in [-0.2, 0) is 19.1 Å². The molecule has 0 aromatic rings. The summed E-state index contributed by atoms with van der Waals surface area (Å²) in [6, 6.07) is 0. The molecular formula is C8H12O4. The molecule has 0 spiro atoms. The normalized spacial score (nSPS) is 36.5. The topological polar surface area (TPSA) is 52.6 Å². The van der Waals surface area contributed by atoms with Crippen molar-refractivity contribution < 1.29 is 19.1 Å². The van der Waals surface area contributed by atoms with Gasteiger partial charge in [-0.2, -0.15) is 0 Å². The molecule has 2 unspecified atom stereocenters. The van der Waals surface area contributed by atoms with E-state index >= 15 is 0 Å². The van der Waals surface area contributed by atoms with Crippen molar-refractivity contribution >= 4 is 12.1 Å². The SMILES string of the molecule is CC1OC(CC=O)OC(C)C1=O. The Kier molecular flexibility index (Phi) is 2.94. The maximum atomic E-state index is 11.1. The van der Waals surface area contributed by atoms with Gasteiger partial charge in [0.1, 0.15) is 18.5 Å². The Morgan fingerprint density at radius 2 is 1.83 bits per heavy atom. The number of carbonyl (C=O) groups is 2. The van der Waals surface area contributed by atoms with Crippen LogP contribution in [0.3, 0.4) is 0 Å². The molecule has 1 aliphatic rings. The summed E-state index contributed by atoms with van der Waals surface area (Å²) in [5, 5.41) is 0. The van der Waals surface area contributed by atoms with E-state index in [1.165, 1.54) is 0 Å². The van der Waals surface area contributed by atoms with Crippen LogP contribution in [0.25, 0.3) is 0 Å². The number of rotatable bonds is 2. The average molecular weight is 172 g/mol. The zero-order valence-electron chi connectivity index (χ0n) is 7.15. The van der Waals surface area contributed by atoms with Gasteiger partial charge in [0.2, 0.25) is 0 Å². The molecule has 4 nitrogen and oxygen atoms in total. The molecule has 0 amide bonds. The third-order valence-electron chi connectivity index (χ3n) is 1.80. The largest absolute Gasteiger partial charge is 0.341 e. The number of hydrogen-bond acceptors (Lipinski definition) is 4. The quantitative estimate of drug-likeness (QED) is 0.562. The van der Waals surface area contributed by atoms with E-state index in [1.54, 1.807) is 13.8 Å². The lowest BCUT2D eigenvalue weighted by atomic mass is 10.1. The highest BCUT2D eigenvalue weighted by molar-refractivity contribution is 5.87. The van der Waals surface area contributed by atoms with Crippen LogP contribution in [0.5, 0.6) is 0 Å². The number of Topliss-reactive ketones (excluding diaryl/α,β-unsaturated/α-hetero) is 1. The Morgan fingerprint density at radius 1 is 1.33 bits per heavy atom. The van der Waals surface area contributed by atoms with E-state index in [2.05, 4.69) is 0 Å². The highest BCUT2D eigenvalue weighted by Crippen LogP contribution is 2.16. The third kappa shape index (κ3) is 1.89. The zero-order chi connectivity index (χ0) is 9.14. The Hall–Kier alpha value is -0.740. The smallest absolute Gasteiger partial charge is 0.189 e. The molecule has 4 heteroatoms. The molecule has 0 aromatic carbocycles. The van der Waals surface area contributed by atoms with Crippen LogP contribution in [0.4, 0.5) is 0 Å². The van der Waals surface area contributed by atoms with Crippen molar-refractivity contribution in [3.63, 3.8) is 0 Å². The van der Waals surface area contributed by atoms with E-state index in [0.29, 0.717) is 0 Å². The molecule has 0 bridgehead atoms. The number of ketones is 1. The molecule has 1 fully saturated rings. The minimum Gasteiger partial charge on any atom is -0.341 e. The molecule has 0 aliphatic carbocycles. The first-order valence-electron chi connectivity index (χ1n) is 3.93. The van der Waals surface area contributed by atoms with Gasteiger partial charge in [-0.25, -0.2) is 0 Å². The predicted octanol–water partition coefficient (Wildman–Crippen LogP) is 0.294. The maximum Gasteiger partial charge on any atom is 0.189 e. The molecular weight excluding hydrogens is 160 g/mol. The van der Waals surface area contributed by atoms with Crippen molar-refractivity contribution in [2.45, 2.75) is 38.8 Å². The van der Waals surface area contributed by atoms with Gasteiger partial charge in [0.25, 0.3) is 0 Å². The molecule has 1 heterocycles. The Bertz CT molecular complexity index is 175. The lowest BCUT2D eigenvalue weighted by molar-refractivity contribution is -0.223.